The van der Waals surface area contributed by atoms with Crippen molar-refractivity contribution >= 4 is 23.9 Å². The van der Waals surface area contributed by atoms with Crippen LogP contribution in [0.4, 0.5) is 0 Å². The summed E-state index contributed by atoms with van der Waals surface area (Å²) in [7, 11) is 0. The summed E-state index contributed by atoms with van der Waals surface area (Å²) in [5.41, 5.74) is -7.33. The van der Waals surface area contributed by atoms with E-state index in [0.29, 0.717) is 11.1 Å². The summed E-state index contributed by atoms with van der Waals surface area (Å²) in [4.78, 5) is 52.9. The second-order valence-electron chi connectivity index (χ2n) is 15.5. The first-order valence-corrected chi connectivity index (χ1v) is 17.9. The molecule has 2 aliphatic heterocycles. The third kappa shape index (κ3) is 5.07. The Hall–Kier alpha value is -4.14. The van der Waals surface area contributed by atoms with Crippen molar-refractivity contribution in [1.29, 1.82) is 0 Å². The molecule has 2 saturated heterocycles. The van der Waals surface area contributed by atoms with Gasteiger partial charge < -0.3 is 43.4 Å². The fourth-order valence-corrected chi connectivity index (χ4v) is 10.4. The van der Waals surface area contributed by atoms with E-state index in [2.05, 4.69) is 6.58 Å². The Morgan fingerprint density at radius 1 is 0.774 bits per heavy atom. The molecule has 0 radical (unpaired) electrons. The number of carbonyl (C=O) groups excluding carboxylic acids is 4. The number of esters is 4. The third-order valence-electron chi connectivity index (χ3n) is 12.2. The van der Waals surface area contributed by atoms with Crippen LogP contribution in [0.15, 0.2) is 72.8 Å². The van der Waals surface area contributed by atoms with E-state index in [1.54, 1.807) is 69.3 Å². The van der Waals surface area contributed by atoms with Gasteiger partial charge in [-0.25, -0.2) is 4.79 Å². The minimum Gasteiger partial charge on any atom is -0.459 e. The first-order valence-electron chi connectivity index (χ1n) is 17.9. The lowest BCUT2D eigenvalue weighted by molar-refractivity contribution is -0.447. The average Bonchev–Trinajstić information content (AvgIpc) is 3.49. The molecule has 13 heteroatoms. The van der Waals surface area contributed by atoms with E-state index in [4.69, 9.17) is 33.2 Å². The molecule has 2 N–H and O–H groups in total. The first kappa shape index (κ1) is 37.2. The molecule has 3 bridgehead atoms. The van der Waals surface area contributed by atoms with E-state index >= 15 is 0 Å². The molecule has 13 nitrogen and oxygen atoms in total. The van der Waals surface area contributed by atoms with Crippen LogP contribution in [0.3, 0.4) is 0 Å². The van der Waals surface area contributed by atoms with Gasteiger partial charge in [0.05, 0.1) is 17.1 Å². The Kier molecular flexibility index (Phi) is 8.74. The van der Waals surface area contributed by atoms with Gasteiger partial charge in [0.15, 0.2) is 11.7 Å². The van der Waals surface area contributed by atoms with E-state index in [9.17, 15) is 29.4 Å². The smallest absolute Gasteiger partial charge is 0.338 e. The molecule has 53 heavy (non-hydrogen) atoms. The van der Waals surface area contributed by atoms with Gasteiger partial charge in [-0.2, -0.15) is 0 Å². The molecule has 2 aromatic carbocycles. The van der Waals surface area contributed by atoms with Crippen molar-refractivity contribution in [3.8, 4) is 0 Å². The molecular formula is C40H46O13. The Morgan fingerprint density at radius 3 is 1.89 bits per heavy atom. The Labute approximate surface area is 307 Å². The molecule has 2 aromatic rings. The number of fused-ring (bicyclic) bond motifs is 2. The fourth-order valence-electron chi connectivity index (χ4n) is 10.4. The number of aliphatic hydroxyl groups is 2. The molecule has 284 valence electrons. The summed E-state index contributed by atoms with van der Waals surface area (Å²) in [6.07, 6.45) is -7.19. The van der Waals surface area contributed by atoms with E-state index < -0.39 is 106 Å². The standard InChI is InChI=1S/C40H46O13/c1-20(2)38-31(48-24(6)42)22(4)39-28-19-21(3)30(47-23(5)41)37(28,46)35(50-34(44)26-15-11-9-12-16-26)36(8,45)32(49-25(7)43)29(39)33(38)51-40(52-38,53-39)27-17-13-10-14-18-27/h9-18,21-22,28-33,35,45-46H,1,19H2,2-8H3/t21-,22+,28+,29-,30-,31-,32-,33+,35+,36+,37+,38-,39-,40?/m0/s1. The Morgan fingerprint density at radius 2 is 1.32 bits per heavy atom. The lowest BCUT2D eigenvalue weighted by atomic mass is 9.52. The second kappa shape index (κ2) is 12.5. The highest BCUT2D eigenvalue weighted by Crippen LogP contribution is 2.73. The van der Waals surface area contributed by atoms with Gasteiger partial charge in [-0.1, -0.05) is 69.0 Å². The zero-order chi connectivity index (χ0) is 38.5. The lowest BCUT2D eigenvalue weighted by Gasteiger charge is -2.62. The predicted molar refractivity (Wildman–Crippen MR) is 183 cm³/mol. The second-order valence-corrected chi connectivity index (χ2v) is 15.5. The molecule has 3 saturated carbocycles. The van der Waals surface area contributed by atoms with Crippen molar-refractivity contribution in [2.24, 2.45) is 23.7 Å². The van der Waals surface area contributed by atoms with Crippen molar-refractivity contribution < 1.29 is 62.5 Å². The Balaban J connectivity index is 1.57. The first-order chi connectivity index (χ1) is 24.9. The maximum atomic E-state index is 14.0. The van der Waals surface area contributed by atoms with Crippen LogP contribution < -0.4 is 0 Å². The summed E-state index contributed by atoms with van der Waals surface area (Å²) in [6, 6.07) is 16.8. The summed E-state index contributed by atoms with van der Waals surface area (Å²) >= 11 is 0. The zero-order valence-corrected chi connectivity index (χ0v) is 30.8. The molecule has 5 fully saturated rings. The van der Waals surface area contributed by atoms with E-state index in [1.165, 1.54) is 39.8 Å². The predicted octanol–water partition coefficient (Wildman–Crippen LogP) is 3.73. The van der Waals surface area contributed by atoms with Crippen molar-refractivity contribution in [3.05, 3.63) is 83.9 Å². The molecule has 1 unspecified atom stereocenters. The van der Waals surface area contributed by atoms with E-state index in [-0.39, 0.29) is 12.0 Å². The quantitative estimate of drug-likeness (QED) is 0.240. The lowest BCUT2D eigenvalue weighted by Crippen LogP contribution is -2.77. The largest absolute Gasteiger partial charge is 0.459 e. The van der Waals surface area contributed by atoms with Crippen LogP contribution >= 0.6 is 0 Å². The number of carbonyl (C=O) groups is 4. The van der Waals surface area contributed by atoms with Gasteiger partial charge in [0.1, 0.15) is 35.6 Å². The number of benzene rings is 2. The summed E-state index contributed by atoms with van der Waals surface area (Å²) in [6.45, 7) is 14.4. The van der Waals surface area contributed by atoms with Gasteiger partial charge in [-0.3, -0.25) is 14.4 Å². The summed E-state index contributed by atoms with van der Waals surface area (Å²) in [5.74, 6) is -8.96. The highest BCUT2D eigenvalue weighted by Gasteiger charge is 2.88. The van der Waals surface area contributed by atoms with Gasteiger partial charge in [0, 0.05) is 38.2 Å². The monoisotopic (exact) mass is 734 g/mol. The summed E-state index contributed by atoms with van der Waals surface area (Å²) < 4.78 is 45.5. The van der Waals surface area contributed by atoms with Crippen molar-refractivity contribution in [1.82, 2.24) is 0 Å². The van der Waals surface area contributed by atoms with E-state index in [1.807, 2.05) is 0 Å². The molecule has 0 amide bonds. The number of rotatable bonds is 7. The topological polar surface area (TPSA) is 173 Å². The van der Waals surface area contributed by atoms with Crippen LogP contribution in [0.1, 0.15) is 70.8 Å². The zero-order valence-electron chi connectivity index (χ0n) is 30.8. The van der Waals surface area contributed by atoms with Crippen LogP contribution in [0, 0.1) is 23.7 Å². The van der Waals surface area contributed by atoms with Gasteiger partial charge in [-0.15, -0.1) is 0 Å². The minimum absolute atomic E-state index is 0.0853. The molecule has 5 aliphatic rings. The highest BCUT2D eigenvalue weighted by molar-refractivity contribution is 5.89. The molecule has 14 atom stereocenters. The van der Waals surface area contributed by atoms with Crippen molar-refractivity contribution in [3.63, 3.8) is 0 Å². The van der Waals surface area contributed by atoms with Gasteiger partial charge >= 0.3 is 29.9 Å². The van der Waals surface area contributed by atoms with Crippen LogP contribution in [-0.4, -0.2) is 87.0 Å². The third-order valence-corrected chi connectivity index (χ3v) is 12.2. The molecule has 3 aliphatic carbocycles. The maximum Gasteiger partial charge on any atom is 0.338 e. The van der Waals surface area contributed by atoms with Gasteiger partial charge in [0.25, 0.3) is 0 Å². The fraction of sp³-hybridized carbons (Fsp3) is 0.550. The molecule has 0 aromatic heterocycles. The SMILES string of the molecule is C=C(C)[C@@]12OC3(c4ccccc4)O[C@@H]1[C@@H]1[C@H](OC(C)=O)[C@@](C)(O)[C@@H](OC(=O)c4ccccc4)[C@@]4(O)[C@@H](C[C@H](C)[C@@H]4OC(C)=O)[C@@]1(O3)[C@H](C)[C@@H]2OC(C)=O. The number of ether oxygens (including phenoxy) is 7. The van der Waals surface area contributed by atoms with Gasteiger partial charge in [0.2, 0.25) is 0 Å². The maximum absolute atomic E-state index is 14.0. The summed E-state index contributed by atoms with van der Waals surface area (Å²) in [5, 5.41) is 26.7. The molecular weight excluding hydrogens is 688 g/mol. The Bertz CT molecular complexity index is 1830. The van der Waals surface area contributed by atoms with E-state index in [0.717, 1.165) is 0 Å². The number of hydrogen-bond acceptors (Lipinski definition) is 13. The molecule has 2 heterocycles. The molecule has 0 spiro atoms. The van der Waals surface area contributed by atoms with Crippen LogP contribution in [0.2, 0.25) is 0 Å². The van der Waals surface area contributed by atoms with Crippen molar-refractivity contribution in [2.75, 3.05) is 0 Å². The normalized spacial score (nSPS) is 43.5. The molecule has 7 rings (SSSR count). The van der Waals surface area contributed by atoms with Gasteiger partial charge in [-0.05, 0) is 43.9 Å². The highest BCUT2D eigenvalue weighted by atomic mass is 16.9. The average molecular weight is 735 g/mol. The van der Waals surface area contributed by atoms with Crippen LogP contribution in [0.5, 0.6) is 0 Å². The minimum atomic E-state index is -2.42. The van der Waals surface area contributed by atoms with Crippen molar-refractivity contribution in [2.45, 2.75) is 114 Å². The van der Waals surface area contributed by atoms with Crippen LogP contribution in [0.25, 0.3) is 0 Å². The number of hydrogen-bond donors (Lipinski definition) is 2. The van der Waals surface area contributed by atoms with Crippen LogP contribution in [-0.2, 0) is 53.5 Å².